The summed E-state index contributed by atoms with van der Waals surface area (Å²) in [4.78, 5) is 25.0. The number of nitrogens with one attached hydrogen (secondary N) is 1. The third-order valence-electron chi connectivity index (χ3n) is 5.47. The second-order valence-electron chi connectivity index (χ2n) is 7.43. The third kappa shape index (κ3) is 3.97. The lowest BCUT2D eigenvalue weighted by Crippen LogP contribution is -2.58. The highest BCUT2D eigenvalue weighted by Gasteiger charge is 2.45. The van der Waals surface area contributed by atoms with Gasteiger partial charge in [0.1, 0.15) is 5.54 Å². The fourth-order valence-electron chi connectivity index (χ4n) is 3.69. The van der Waals surface area contributed by atoms with Gasteiger partial charge in [0.25, 0.3) is 0 Å². The average molecular weight is 331 g/mol. The van der Waals surface area contributed by atoms with Gasteiger partial charge in [0, 0.05) is 0 Å². The summed E-state index contributed by atoms with van der Waals surface area (Å²) >= 11 is 0. The molecule has 3 unspecified atom stereocenters. The van der Waals surface area contributed by atoms with Crippen LogP contribution in [-0.4, -0.2) is 24.5 Å². The Balaban J connectivity index is 2.14. The van der Waals surface area contributed by atoms with Crippen molar-refractivity contribution >= 4 is 11.9 Å². The lowest BCUT2D eigenvalue weighted by atomic mass is 9.71. The van der Waals surface area contributed by atoms with E-state index in [0.717, 1.165) is 17.5 Å². The van der Waals surface area contributed by atoms with Crippen LogP contribution in [0.25, 0.3) is 0 Å². The summed E-state index contributed by atoms with van der Waals surface area (Å²) in [6.07, 6.45) is 2.48. The Morgan fingerprint density at radius 2 is 1.96 bits per heavy atom. The standard InChI is InChI=1S/C20H29NO3/c1-13-6-7-17(15(3)10-13)11-18(22)21-20(19(23)24-5)9-8-14(2)16(4)12-20/h6-7,10,14,16H,8-9,11-12H2,1-5H3,(H,21,22). The van der Waals surface area contributed by atoms with Crippen molar-refractivity contribution in [3.05, 3.63) is 34.9 Å². The van der Waals surface area contributed by atoms with Crippen LogP contribution < -0.4 is 5.32 Å². The summed E-state index contributed by atoms with van der Waals surface area (Å²) in [6, 6.07) is 6.07. The van der Waals surface area contributed by atoms with E-state index in [4.69, 9.17) is 4.74 Å². The molecule has 1 aromatic carbocycles. The molecule has 0 aliphatic heterocycles. The molecular formula is C20H29NO3. The molecule has 4 heteroatoms. The number of aryl methyl sites for hydroxylation is 2. The summed E-state index contributed by atoms with van der Waals surface area (Å²) in [6.45, 7) is 8.38. The second-order valence-corrected chi connectivity index (χ2v) is 7.43. The molecule has 4 nitrogen and oxygen atoms in total. The zero-order chi connectivity index (χ0) is 17.9. The molecule has 2 rings (SSSR count). The van der Waals surface area contributed by atoms with Gasteiger partial charge in [-0.3, -0.25) is 4.79 Å². The maximum atomic E-state index is 12.6. The van der Waals surface area contributed by atoms with Gasteiger partial charge in [0.2, 0.25) is 5.91 Å². The van der Waals surface area contributed by atoms with Crippen LogP contribution in [0.15, 0.2) is 18.2 Å². The summed E-state index contributed by atoms with van der Waals surface area (Å²) in [5.74, 6) is 0.489. The molecule has 1 aliphatic carbocycles. The quantitative estimate of drug-likeness (QED) is 0.861. The molecule has 0 radical (unpaired) electrons. The highest BCUT2D eigenvalue weighted by Crippen LogP contribution is 2.37. The largest absolute Gasteiger partial charge is 0.467 e. The summed E-state index contributed by atoms with van der Waals surface area (Å²) < 4.78 is 5.01. The Morgan fingerprint density at radius 3 is 2.54 bits per heavy atom. The van der Waals surface area contributed by atoms with Gasteiger partial charge in [0.05, 0.1) is 13.5 Å². The molecule has 0 heterocycles. The Labute approximate surface area is 145 Å². The van der Waals surface area contributed by atoms with E-state index in [1.807, 2.05) is 26.0 Å². The van der Waals surface area contributed by atoms with Gasteiger partial charge in [-0.15, -0.1) is 0 Å². The maximum Gasteiger partial charge on any atom is 0.331 e. The van der Waals surface area contributed by atoms with Crippen LogP contribution in [0.2, 0.25) is 0 Å². The Hall–Kier alpha value is -1.84. The smallest absolute Gasteiger partial charge is 0.331 e. The molecular weight excluding hydrogens is 302 g/mol. The number of rotatable bonds is 4. The highest BCUT2D eigenvalue weighted by molar-refractivity contribution is 5.89. The number of ether oxygens (including phenoxy) is 1. The molecule has 0 saturated heterocycles. The Bertz CT molecular complexity index is 625. The van der Waals surface area contributed by atoms with Gasteiger partial charge in [-0.1, -0.05) is 37.6 Å². The van der Waals surface area contributed by atoms with Gasteiger partial charge < -0.3 is 10.1 Å². The van der Waals surface area contributed by atoms with Crippen LogP contribution in [0.1, 0.15) is 49.8 Å². The maximum absolute atomic E-state index is 12.6. The summed E-state index contributed by atoms with van der Waals surface area (Å²) in [5.41, 5.74) is 2.40. The lowest BCUT2D eigenvalue weighted by molar-refractivity contribution is -0.154. The van der Waals surface area contributed by atoms with E-state index in [1.54, 1.807) is 0 Å². The third-order valence-corrected chi connectivity index (χ3v) is 5.47. The normalized spacial score (nSPS) is 26.7. The Kier molecular flexibility index (Phi) is 5.68. The van der Waals surface area contributed by atoms with Crippen molar-refractivity contribution in [2.45, 2.75) is 58.9 Å². The number of hydrogen-bond donors (Lipinski definition) is 1. The minimum absolute atomic E-state index is 0.117. The molecule has 132 valence electrons. The molecule has 1 amide bonds. The van der Waals surface area contributed by atoms with Crippen LogP contribution in [0.4, 0.5) is 0 Å². The van der Waals surface area contributed by atoms with Crippen LogP contribution in [0.5, 0.6) is 0 Å². The molecule has 1 saturated carbocycles. The molecule has 0 spiro atoms. The van der Waals surface area contributed by atoms with Crippen LogP contribution >= 0.6 is 0 Å². The fraction of sp³-hybridized carbons (Fsp3) is 0.600. The number of carbonyl (C=O) groups excluding carboxylic acids is 2. The zero-order valence-corrected chi connectivity index (χ0v) is 15.4. The van der Waals surface area contributed by atoms with Gasteiger partial charge in [-0.25, -0.2) is 4.79 Å². The number of amides is 1. The molecule has 1 fully saturated rings. The van der Waals surface area contributed by atoms with Gasteiger partial charge in [0.15, 0.2) is 0 Å². The number of carbonyl (C=O) groups is 2. The van der Waals surface area contributed by atoms with E-state index >= 15 is 0 Å². The SMILES string of the molecule is COC(=O)C1(NC(=O)Cc2ccc(C)cc2C)CCC(C)C(C)C1. The molecule has 0 bridgehead atoms. The van der Waals surface area contributed by atoms with Crippen molar-refractivity contribution < 1.29 is 14.3 Å². The summed E-state index contributed by atoms with van der Waals surface area (Å²) in [7, 11) is 1.39. The number of methoxy groups -OCH3 is 1. The molecule has 0 aromatic heterocycles. The van der Waals surface area contributed by atoms with Gasteiger partial charge in [-0.05, 0) is 56.1 Å². The van der Waals surface area contributed by atoms with Crippen molar-refractivity contribution in [3.63, 3.8) is 0 Å². The van der Waals surface area contributed by atoms with Crippen molar-refractivity contribution in [2.24, 2.45) is 11.8 Å². The van der Waals surface area contributed by atoms with E-state index in [9.17, 15) is 9.59 Å². The van der Waals surface area contributed by atoms with Gasteiger partial charge >= 0.3 is 5.97 Å². The van der Waals surface area contributed by atoms with E-state index in [0.29, 0.717) is 24.7 Å². The van der Waals surface area contributed by atoms with Crippen molar-refractivity contribution in [3.8, 4) is 0 Å². The Morgan fingerprint density at radius 1 is 1.25 bits per heavy atom. The van der Waals surface area contributed by atoms with Crippen LogP contribution in [0.3, 0.4) is 0 Å². The topological polar surface area (TPSA) is 55.4 Å². The molecule has 24 heavy (non-hydrogen) atoms. The molecule has 1 aromatic rings. The van der Waals surface area contributed by atoms with E-state index in [1.165, 1.54) is 12.7 Å². The number of esters is 1. The summed E-state index contributed by atoms with van der Waals surface area (Å²) in [5, 5.41) is 3.01. The molecule has 1 N–H and O–H groups in total. The van der Waals surface area contributed by atoms with E-state index in [2.05, 4.69) is 25.2 Å². The second kappa shape index (κ2) is 7.37. The molecule has 1 aliphatic rings. The van der Waals surface area contributed by atoms with E-state index < -0.39 is 5.54 Å². The first-order chi connectivity index (χ1) is 11.3. The highest BCUT2D eigenvalue weighted by atomic mass is 16.5. The van der Waals surface area contributed by atoms with E-state index in [-0.39, 0.29) is 18.3 Å². The van der Waals surface area contributed by atoms with Crippen LogP contribution in [-0.2, 0) is 20.7 Å². The van der Waals surface area contributed by atoms with Crippen LogP contribution in [0, 0.1) is 25.7 Å². The first-order valence-electron chi connectivity index (χ1n) is 8.73. The molecule has 3 atom stereocenters. The monoisotopic (exact) mass is 331 g/mol. The average Bonchev–Trinajstić information content (AvgIpc) is 2.53. The minimum Gasteiger partial charge on any atom is -0.467 e. The minimum atomic E-state index is -0.879. The zero-order valence-electron chi connectivity index (χ0n) is 15.4. The number of benzene rings is 1. The van der Waals surface area contributed by atoms with Crippen molar-refractivity contribution in [1.29, 1.82) is 0 Å². The lowest BCUT2D eigenvalue weighted by Gasteiger charge is -2.41. The van der Waals surface area contributed by atoms with Gasteiger partial charge in [-0.2, -0.15) is 0 Å². The predicted octanol–water partition coefficient (Wildman–Crippen LogP) is 3.33. The first kappa shape index (κ1) is 18.5. The fourth-order valence-corrected chi connectivity index (χ4v) is 3.69. The van der Waals surface area contributed by atoms with Crippen molar-refractivity contribution in [2.75, 3.05) is 7.11 Å². The predicted molar refractivity (Wildman–Crippen MR) is 94.7 cm³/mol. The first-order valence-corrected chi connectivity index (χ1v) is 8.73. The van der Waals surface area contributed by atoms with Crippen molar-refractivity contribution in [1.82, 2.24) is 5.32 Å². The number of hydrogen-bond acceptors (Lipinski definition) is 3.